The third kappa shape index (κ3) is 1.58. The van der Waals surface area contributed by atoms with Crippen molar-refractivity contribution in [1.82, 2.24) is 0 Å². The first kappa shape index (κ1) is 8.32. The average Bonchev–Trinajstić information content (AvgIpc) is 2.47. The van der Waals surface area contributed by atoms with Crippen molar-refractivity contribution in [3.05, 3.63) is 35.9 Å². The summed E-state index contributed by atoms with van der Waals surface area (Å²) in [5.41, 5.74) is 0.844. The Bertz CT molecular complexity index is 312. The van der Waals surface area contributed by atoms with Gasteiger partial charge in [-0.1, -0.05) is 30.3 Å². The van der Waals surface area contributed by atoms with E-state index in [1.807, 2.05) is 30.3 Å². The Labute approximate surface area is 76.8 Å². The van der Waals surface area contributed by atoms with Crippen molar-refractivity contribution in [2.75, 3.05) is 0 Å². The molecule has 66 valence electrons. The molecule has 1 saturated heterocycles. The number of carbonyl (C=O) groups excluding carboxylic acids is 1. The Balaban J connectivity index is 2.23. The summed E-state index contributed by atoms with van der Waals surface area (Å²) < 4.78 is 10.2. The molecule has 13 heavy (non-hydrogen) atoms. The molecule has 0 saturated carbocycles. The molecule has 1 aliphatic heterocycles. The molecule has 0 spiro atoms. The first-order valence-corrected chi connectivity index (χ1v) is 4.18. The molecule has 1 heterocycles. The maximum atomic E-state index is 11.2. The van der Waals surface area contributed by atoms with Gasteiger partial charge in [0.2, 0.25) is 0 Å². The van der Waals surface area contributed by atoms with Crippen LogP contribution in [-0.4, -0.2) is 13.1 Å². The highest BCUT2D eigenvalue weighted by Crippen LogP contribution is 2.25. The van der Waals surface area contributed by atoms with Gasteiger partial charge in [0, 0.05) is 0 Å². The zero-order chi connectivity index (χ0) is 9.26. The Morgan fingerprint density at radius 1 is 1.31 bits per heavy atom. The number of carbonyl (C=O) groups is 1. The molecule has 1 fully saturated rings. The van der Waals surface area contributed by atoms with E-state index < -0.39 is 13.2 Å². The highest BCUT2D eigenvalue weighted by Gasteiger charge is 2.36. The van der Waals surface area contributed by atoms with Crippen LogP contribution in [0.1, 0.15) is 11.7 Å². The van der Waals surface area contributed by atoms with E-state index in [1.165, 1.54) is 0 Å². The molecule has 4 heteroatoms. The van der Waals surface area contributed by atoms with E-state index in [1.54, 1.807) is 6.82 Å². The standard InChI is InChI=1S/C9H9BO3/c1-10-12-8(9(11)13-10)7-5-3-2-4-6-7/h2-6,8H,1H3. The van der Waals surface area contributed by atoms with Crippen LogP contribution in [0.4, 0.5) is 0 Å². The molecule has 0 radical (unpaired) electrons. The topological polar surface area (TPSA) is 35.5 Å². The summed E-state index contributed by atoms with van der Waals surface area (Å²) >= 11 is 0. The van der Waals surface area contributed by atoms with Crippen LogP contribution < -0.4 is 0 Å². The summed E-state index contributed by atoms with van der Waals surface area (Å²) in [5.74, 6) is -0.307. The van der Waals surface area contributed by atoms with E-state index in [4.69, 9.17) is 9.31 Å². The molecular weight excluding hydrogens is 167 g/mol. The second kappa shape index (κ2) is 3.22. The minimum Gasteiger partial charge on any atom is -0.507 e. The fourth-order valence-electron chi connectivity index (χ4n) is 1.34. The Morgan fingerprint density at radius 3 is 2.54 bits per heavy atom. The van der Waals surface area contributed by atoms with Gasteiger partial charge in [-0.2, -0.15) is 0 Å². The lowest BCUT2D eigenvalue weighted by Gasteiger charge is -2.05. The van der Waals surface area contributed by atoms with E-state index in [9.17, 15) is 4.79 Å². The van der Waals surface area contributed by atoms with Crippen LogP contribution in [0, 0.1) is 0 Å². The highest BCUT2D eigenvalue weighted by molar-refractivity contribution is 6.47. The molecule has 1 aromatic rings. The Hall–Kier alpha value is -1.29. The van der Waals surface area contributed by atoms with Crippen LogP contribution in [0.2, 0.25) is 6.82 Å². The summed E-state index contributed by atoms with van der Waals surface area (Å²) in [4.78, 5) is 11.2. The third-order valence-electron chi connectivity index (χ3n) is 1.93. The van der Waals surface area contributed by atoms with Crippen LogP contribution in [0.3, 0.4) is 0 Å². The maximum Gasteiger partial charge on any atom is 0.524 e. The predicted molar refractivity (Wildman–Crippen MR) is 48.0 cm³/mol. The molecule has 1 unspecified atom stereocenters. The van der Waals surface area contributed by atoms with Gasteiger partial charge >= 0.3 is 13.1 Å². The van der Waals surface area contributed by atoms with Crippen molar-refractivity contribution in [1.29, 1.82) is 0 Å². The molecule has 2 rings (SSSR count). The van der Waals surface area contributed by atoms with Crippen molar-refractivity contribution in [3.63, 3.8) is 0 Å². The maximum absolute atomic E-state index is 11.2. The number of hydrogen-bond acceptors (Lipinski definition) is 3. The number of benzene rings is 1. The molecular formula is C9H9BO3. The zero-order valence-corrected chi connectivity index (χ0v) is 7.27. The lowest BCUT2D eigenvalue weighted by Crippen LogP contribution is -2.07. The summed E-state index contributed by atoms with van der Waals surface area (Å²) in [6.07, 6.45) is -0.545. The molecule has 1 aromatic carbocycles. The second-order valence-electron chi connectivity index (χ2n) is 2.93. The molecule has 0 bridgehead atoms. The molecule has 3 nitrogen and oxygen atoms in total. The summed E-state index contributed by atoms with van der Waals surface area (Å²) in [6.45, 7) is 1.71. The number of rotatable bonds is 1. The number of hydrogen-bond donors (Lipinski definition) is 0. The lowest BCUT2D eigenvalue weighted by atomic mass is 9.97. The molecule has 0 N–H and O–H groups in total. The first-order valence-electron chi connectivity index (χ1n) is 4.18. The van der Waals surface area contributed by atoms with Gasteiger partial charge in [0.1, 0.15) is 0 Å². The van der Waals surface area contributed by atoms with Crippen molar-refractivity contribution in [3.8, 4) is 0 Å². The van der Waals surface area contributed by atoms with E-state index in [0.29, 0.717) is 0 Å². The van der Waals surface area contributed by atoms with Gasteiger partial charge in [-0.15, -0.1) is 0 Å². The summed E-state index contributed by atoms with van der Waals surface area (Å²) in [5, 5.41) is 0. The van der Waals surface area contributed by atoms with Gasteiger partial charge in [0.25, 0.3) is 0 Å². The lowest BCUT2D eigenvalue weighted by molar-refractivity contribution is -0.136. The summed E-state index contributed by atoms with van der Waals surface area (Å²) in [6, 6.07) is 9.34. The molecule has 0 amide bonds. The molecule has 0 aromatic heterocycles. The minimum absolute atomic E-state index is 0.307. The first-order chi connectivity index (χ1) is 6.27. The van der Waals surface area contributed by atoms with Crippen molar-refractivity contribution >= 4 is 13.1 Å². The smallest absolute Gasteiger partial charge is 0.507 e. The normalized spacial score (nSPS) is 21.8. The van der Waals surface area contributed by atoms with Crippen LogP contribution >= 0.6 is 0 Å². The van der Waals surface area contributed by atoms with Crippen LogP contribution in [0.25, 0.3) is 0 Å². The van der Waals surface area contributed by atoms with Gasteiger partial charge in [-0.3, -0.25) is 4.79 Å². The van der Waals surface area contributed by atoms with Gasteiger partial charge < -0.3 is 9.31 Å². The fraction of sp³-hybridized carbons (Fsp3) is 0.222. The van der Waals surface area contributed by atoms with E-state index in [0.717, 1.165) is 5.56 Å². The predicted octanol–water partition coefficient (Wildman–Crippen LogP) is 1.42. The van der Waals surface area contributed by atoms with Crippen LogP contribution in [-0.2, 0) is 14.1 Å². The fourth-order valence-corrected chi connectivity index (χ4v) is 1.34. The quantitative estimate of drug-likeness (QED) is 0.607. The van der Waals surface area contributed by atoms with E-state index in [-0.39, 0.29) is 5.97 Å². The van der Waals surface area contributed by atoms with Gasteiger partial charge in [0.15, 0.2) is 6.10 Å². The minimum atomic E-state index is -0.545. The molecule has 0 aliphatic carbocycles. The van der Waals surface area contributed by atoms with Gasteiger partial charge in [-0.25, -0.2) is 0 Å². The Kier molecular flexibility index (Phi) is 2.06. The van der Waals surface area contributed by atoms with Crippen LogP contribution in [0.5, 0.6) is 0 Å². The third-order valence-corrected chi connectivity index (χ3v) is 1.93. The van der Waals surface area contributed by atoms with E-state index in [2.05, 4.69) is 0 Å². The van der Waals surface area contributed by atoms with E-state index >= 15 is 0 Å². The second-order valence-corrected chi connectivity index (χ2v) is 2.93. The Morgan fingerprint density at radius 2 is 2.00 bits per heavy atom. The average molecular weight is 176 g/mol. The molecule has 1 atom stereocenters. The van der Waals surface area contributed by atoms with Crippen LogP contribution in [0.15, 0.2) is 30.3 Å². The largest absolute Gasteiger partial charge is 0.524 e. The van der Waals surface area contributed by atoms with Gasteiger partial charge in [-0.05, 0) is 12.4 Å². The summed E-state index contributed by atoms with van der Waals surface area (Å²) in [7, 11) is -0.433. The zero-order valence-electron chi connectivity index (χ0n) is 7.27. The highest BCUT2D eigenvalue weighted by atomic mass is 16.7. The van der Waals surface area contributed by atoms with Crippen molar-refractivity contribution in [2.24, 2.45) is 0 Å². The van der Waals surface area contributed by atoms with Crippen molar-refractivity contribution < 1.29 is 14.1 Å². The monoisotopic (exact) mass is 176 g/mol. The van der Waals surface area contributed by atoms with Gasteiger partial charge in [0.05, 0.1) is 0 Å². The SMILES string of the molecule is CB1OC(=O)C(c2ccccc2)O1. The van der Waals surface area contributed by atoms with Crippen molar-refractivity contribution in [2.45, 2.75) is 12.9 Å². The molecule has 1 aliphatic rings.